The molecule has 0 spiro atoms. The Morgan fingerprint density at radius 3 is 2.46 bits per heavy atom. The molecule has 0 heterocycles. The van der Waals surface area contributed by atoms with Crippen molar-refractivity contribution in [3.8, 4) is 11.5 Å². The first-order chi connectivity index (χ1) is 12.4. The maximum Gasteiger partial charge on any atom is 0.338 e. The topological polar surface area (TPSA) is 94.2 Å². The van der Waals surface area contributed by atoms with Gasteiger partial charge in [-0.15, -0.1) is 0 Å². The molecule has 8 nitrogen and oxygen atoms in total. The number of ether oxygens (including phenoxy) is 3. The largest absolute Gasteiger partial charge is 0.490 e. The van der Waals surface area contributed by atoms with Gasteiger partial charge >= 0.3 is 5.97 Å². The molecule has 0 atom stereocenters. The summed E-state index contributed by atoms with van der Waals surface area (Å²) in [6, 6.07) is 4.71. The molecule has 26 heavy (non-hydrogen) atoms. The fourth-order valence-corrected chi connectivity index (χ4v) is 1.94. The summed E-state index contributed by atoms with van der Waals surface area (Å²) in [4.78, 5) is 36.5. The summed E-state index contributed by atoms with van der Waals surface area (Å²) >= 11 is 0. The number of rotatable bonds is 10. The van der Waals surface area contributed by atoms with Crippen molar-refractivity contribution in [1.82, 2.24) is 10.2 Å². The van der Waals surface area contributed by atoms with Crippen LogP contribution in [-0.2, 0) is 14.3 Å². The maximum absolute atomic E-state index is 12.2. The Morgan fingerprint density at radius 1 is 1.12 bits per heavy atom. The van der Waals surface area contributed by atoms with E-state index in [1.165, 1.54) is 25.1 Å². The highest BCUT2D eigenvalue weighted by molar-refractivity contribution is 5.92. The molecule has 0 bridgehead atoms. The van der Waals surface area contributed by atoms with Gasteiger partial charge in [0.2, 0.25) is 5.91 Å². The minimum atomic E-state index is -0.658. The molecule has 2 amide bonds. The van der Waals surface area contributed by atoms with E-state index in [0.717, 1.165) is 6.42 Å². The van der Waals surface area contributed by atoms with Crippen LogP contribution in [0.15, 0.2) is 18.2 Å². The second-order valence-corrected chi connectivity index (χ2v) is 5.44. The summed E-state index contributed by atoms with van der Waals surface area (Å²) in [7, 11) is 2.93. The summed E-state index contributed by atoms with van der Waals surface area (Å²) in [5, 5.41) is 2.41. The summed E-state index contributed by atoms with van der Waals surface area (Å²) < 4.78 is 16.1. The van der Waals surface area contributed by atoms with E-state index in [9.17, 15) is 14.4 Å². The average Bonchev–Trinajstić information content (AvgIpc) is 2.64. The second kappa shape index (κ2) is 11.0. The lowest BCUT2D eigenvalue weighted by Crippen LogP contribution is -2.39. The van der Waals surface area contributed by atoms with Crippen LogP contribution in [0.4, 0.5) is 0 Å². The average molecular weight is 366 g/mol. The van der Waals surface area contributed by atoms with Gasteiger partial charge in [-0.3, -0.25) is 9.59 Å². The van der Waals surface area contributed by atoms with Gasteiger partial charge in [0.15, 0.2) is 18.1 Å². The SMILES string of the molecule is CCCOc1ccc(C(=O)OCC(=O)N(C)CC(=O)NC)cc1OCC. The van der Waals surface area contributed by atoms with Crippen LogP contribution >= 0.6 is 0 Å². The summed E-state index contributed by atoms with van der Waals surface area (Å²) in [5.74, 6) is -0.453. The molecule has 0 aliphatic heterocycles. The second-order valence-electron chi connectivity index (χ2n) is 5.44. The summed E-state index contributed by atoms with van der Waals surface area (Å²) in [6.07, 6.45) is 0.848. The van der Waals surface area contributed by atoms with E-state index < -0.39 is 18.5 Å². The molecule has 1 aromatic rings. The van der Waals surface area contributed by atoms with Gasteiger partial charge in [-0.2, -0.15) is 0 Å². The minimum absolute atomic E-state index is 0.106. The Hall–Kier alpha value is -2.77. The van der Waals surface area contributed by atoms with Crippen LogP contribution in [0.1, 0.15) is 30.6 Å². The molecule has 8 heteroatoms. The van der Waals surface area contributed by atoms with Crippen molar-refractivity contribution < 1.29 is 28.6 Å². The number of nitrogens with zero attached hydrogens (tertiary/aromatic N) is 1. The van der Waals surface area contributed by atoms with Crippen molar-refractivity contribution in [3.63, 3.8) is 0 Å². The molecule has 0 aromatic heterocycles. The standard InChI is InChI=1S/C18H26N2O6/c1-5-9-25-14-8-7-13(10-15(14)24-6-2)18(23)26-12-17(22)20(4)11-16(21)19-3/h7-8,10H,5-6,9,11-12H2,1-4H3,(H,19,21). The van der Waals surface area contributed by atoms with Crippen molar-refractivity contribution >= 4 is 17.8 Å². The number of nitrogens with one attached hydrogen (secondary N) is 1. The van der Waals surface area contributed by atoms with Crippen molar-refractivity contribution in [2.24, 2.45) is 0 Å². The number of carbonyl (C=O) groups excluding carboxylic acids is 3. The molecule has 0 fully saturated rings. The first-order valence-corrected chi connectivity index (χ1v) is 8.44. The van der Waals surface area contributed by atoms with Crippen LogP contribution in [0.25, 0.3) is 0 Å². The van der Waals surface area contributed by atoms with Gasteiger partial charge in [-0.1, -0.05) is 6.92 Å². The van der Waals surface area contributed by atoms with Gasteiger partial charge in [0.25, 0.3) is 5.91 Å². The molecule has 1 N–H and O–H groups in total. The fraction of sp³-hybridized carbons (Fsp3) is 0.500. The van der Waals surface area contributed by atoms with E-state index in [1.807, 2.05) is 13.8 Å². The molecule has 0 radical (unpaired) electrons. The number of amides is 2. The number of carbonyl (C=O) groups is 3. The number of hydrogen-bond donors (Lipinski definition) is 1. The zero-order valence-corrected chi connectivity index (χ0v) is 15.7. The number of benzene rings is 1. The number of hydrogen-bond acceptors (Lipinski definition) is 6. The minimum Gasteiger partial charge on any atom is -0.490 e. The Labute approximate surface area is 153 Å². The van der Waals surface area contributed by atoms with Crippen molar-refractivity contribution in [2.75, 3.05) is 40.5 Å². The van der Waals surface area contributed by atoms with Crippen LogP contribution in [0, 0.1) is 0 Å². The van der Waals surface area contributed by atoms with Gasteiger partial charge in [-0.25, -0.2) is 4.79 Å². The van der Waals surface area contributed by atoms with Crippen LogP contribution in [-0.4, -0.2) is 63.1 Å². The first-order valence-electron chi connectivity index (χ1n) is 8.44. The first kappa shape index (κ1) is 21.3. The van der Waals surface area contributed by atoms with E-state index in [1.54, 1.807) is 12.1 Å². The van der Waals surface area contributed by atoms with E-state index >= 15 is 0 Å². The smallest absolute Gasteiger partial charge is 0.338 e. The third-order valence-electron chi connectivity index (χ3n) is 3.35. The lowest BCUT2D eigenvalue weighted by molar-refractivity contribution is -0.137. The Balaban J connectivity index is 2.70. The third kappa shape index (κ3) is 6.62. The molecule has 1 aromatic carbocycles. The highest BCUT2D eigenvalue weighted by Crippen LogP contribution is 2.29. The Kier molecular flexibility index (Phi) is 8.97. The number of esters is 1. The zero-order chi connectivity index (χ0) is 19.5. The highest BCUT2D eigenvalue weighted by atomic mass is 16.5. The normalized spacial score (nSPS) is 10.0. The summed E-state index contributed by atoms with van der Waals surface area (Å²) in [6.45, 7) is 4.22. The molecular weight excluding hydrogens is 340 g/mol. The molecule has 0 saturated heterocycles. The van der Waals surface area contributed by atoms with Crippen LogP contribution in [0.3, 0.4) is 0 Å². The van der Waals surface area contributed by atoms with E-state index in [2.05, 4.69) is 5.32 Å². The Morgan fingerprint density at radius 2 is 1.85 bits per heavy atom. The lowest BCUT2D eigenvalue weighted by atomic mass is 10.2. The quantitative estimate of drug-likeness (QED) is 0.626. The fourth-order valence-electron chi connectivity index (χ4n) is 1.94. The molecule has 1 rings (SSSR count). The lowest BCUT2D eigenvalue weighted by Gasteiger charge is -2.16. The van der Waals surface area contributed by atoms with E-state index in [-0.39, 0.29) is 18.0 Å². The molecule has 144 valence electrons. The van der Waals surface area contributed by atoms with Gasteiger partial charge in [-0.05, 0) is 31.5 Å². The number of likely N-dealkylation sites (N-methyl/N-ethyl adjacent to an activating group) is 2. The molecule has 0 unspecified atom stereocenters. The monoisotopic (exact) mass is 366 g/mol. The van der Waals surface area contributed by atoms with E-state index in [0.29, 0.717) is 24.7 Å². The van der Waals surface area contributed by atoms with Gasteiger partial charge in [0, 0.05) is 14.1 Å². The van der Waals surface area contributed by atoms with Gasteiger partial charge in [0.1, 0.15) is 0 Å². The van der Waals surface area contributed by atoms with Crippen molar-refractivity contribution in [2.45, 2.75) is 20.3 Å². The summed E-state index contributed by atoms with van der Waals surface area (Å²) in [5.41, 5.74) is 0.249. The predicted molar refractivity (Wildman–Crippen MR) is 95.4 cm³/mol. The van der Waals surface area contributed by atoms with Crippen LogP contribution in [0.2, 0.25) is 0 Å². The zero-order valence-electron chi connectivity index (χ0n) is 15.7. The highest BCUT2D eigenvalue weighted by Gasteiger charge is 2.17. The van der Waals surface area contributed by atoms with Crippen molar-refractivity contribution in [3.05, 3.63) is 23.8 Å². The van der Waals surface area contributed by atoms with Gasteiger partial charge < -0.3 is 24.4 Å². The molecule has 0 aliphatic rings. The van der Waals surface area contributed by atoms with Crippen LogP contribution in [0.5, 0.6) is 11.5 Å². The Bertz CT molecular complexity index is 632. The molecule has 0 aliphatic carbocycles. The predicted octanol–water partition coefficient (Wildman–Crippen LogP) is 1.24. The molecule has 0 saturated carbocycles. The van der Waals surface area contributed by atoms with E-state index in [4.69, 9.17) is 14.2 Å². The van der Waals surface area contributed by atoms with Gasteiger partial charge in [0.05, 0.1) is 25.3 Å². The van der Waals surface area contributed by atoms with Crippen LogP contribution < -0.4 is 14.8 Å². The molecular formula is C18H26N2O6. The maximum atomic E-state index is 12.2. The van der Waals surface area contributed by atoms with Crippen molar-refractivity contribution in [1.29, 1.82) is 0 Å². The third-order valence-corrected chi connectivity index (χ3v) is 3.35.